The van der Waals surface area contributed by atoms with Crippen molar-refractivity contribution >= 4 is 17.8 Å². The van der Waals surface area contributed by atoms with Crippen molar-refractivity contribution in [3.8, 4) is 0 Å². The number of amides is 2. The molecule has 122 valence electrons. The number of urea groups is 1. The van der Waals surface area contributed by atoms with Crippen molar-refractivity contribution in [2.45, 2.75) is 50.8 Å². The quantitative estimate of drug-likeness (QED) is 0.897. The zero-order valence-corrected chi connectivity index (χ0v) is 14.0. The predicted octanol–water partition coefficient (Wildman–Crippen LogP) is 3.00. The molecule has 0 aliphatic carbocycles. The van der Waals surface area contributed by atoms with Gasteiger partial charge in [-0.2, -0.15) is 11.8 Å². The second-order valence-electron chi connectivity index (χ2n) is 6.31. The van der Waals surface area contributed by atoms with Crippen LogP contribution < -0.4 is 10.6 Å². The van der Waals surface area contributed by atoms with Gasteiger partial charge in [-0.05, 0) is 51.0 Å². The van der Waals surface area contributed by atoms with E-state index < -0.39 is 0 Å². The van der Waals surface area contributed by atoms with Crippen LogP contribution in [-0.2, 0) is 4.74 Å². The average molecular weight is 324 g/mol. The molecule has 5 nitrogen and oxygen atoms in total. The normalized spacial score (nSPS) is 29.5. The highest BCUT2D eigenvalue weighted by molar-refractivity contribution is 7.99. The van der Waals surface area contributed by atoms with Gasteiger partial charge in [0.25, 0.3) is 0 Å². The van der Waals surface area contributed by atoms with E-state index >= 15 is 0 Å². The van der Waals surface area contributed by atoms with Crippen molar-refractivity contribution in [3.05, 3.63) is 23.7 Å². The van der Waals surface area contributed by atoms with Crippen LogP contribution in [0.4, 0.5) is 4.79 Å². The molecule has 0 radical (unpaired) electrons. The topological polar surface area (TPSA) is 63.5 Å². The lowest BCUT2D eigenvalue weighted by Gasteiger charge is -2.38. The van der Waals surface area contributed by atoms with E-state index in [1.807, 2.05) is 37.7 Å². The van der Waals surface area contributed by atoms with Crippen LogP contribution >= 0.6 is 11.8 Å². The first-order chi connectivity index (χ1) is 10.6. The van der Waals surface area contributed by atoms with Gasteiger partial charge in [-0.15, -0.1) is 0 Å². The molecular weight excluding hydrogens is 300 g/mol. The number of hydrogen-bond acceptors (Lipinski definition) is 4. The van der Waals surface area contributed by atoms with Crippen LogP contribution in [0.2, 0.25) is 0 Å². The van der Waals surface area contributed by atoms with Gasteiger partial charge in [0.15, 0.2) is 0 Å². The van der Waals surface area contributed by atoms with Crippen LogP contribution in [0.1, 0.15) is 43.7 Å². The monoisotopic (exact) mass is 324 g/mol. The Hall–Kier alpha value is -1.14. The molecule has 0 bridgehead atoms. The minimum atomic E-state index is -0.135. The fourth-order valence-corrected chi connectivity index (χ4v) is 4.57. The van der Waals surface area contributed by atoms with E-state index in [1.165, 1.54) is 0 Å². The highest BCUT2D eigenvalue weighted by Crippen LogP contribution is 2.38. The SMILES string of the molecule is Cc1ccc([C@H](C)NC(=O)N[C@H]2CCO[C@@]3(CCSC3)C2)o1. The summed E-state index contributed by atoms with van der Waals surface area (Å²) in [6.45, 7) is 4.56. The zero-order valence-electron chi connectivity index (χ0n) is 13.2. The van der Waals surface area contributed by atoms with Gasteiger partial charge in [0, 0.05) is 18.4 Å². The first-order valence-electron chi connectivity index (χ1n) is 7.91. The summed E-state index contributed by atoms with van der Waals surface area (Å²) >= 11 is 1.94. The third-order valence-electron chi connectivity index (χ3n) is 4.43. The Morgan fingerprint density at radius 3 is 3.05 bits per heavy atom. The minimum Gasteiger partial charge on any atom is -0.464 e. The number of rotatable bonds is 3. The van der Waals surface area contributed by atoms with Crippen molar-refractivity contribution in [1.82, 2.24) is 10.6 Å². The number of hydrogen-bond donors (Lipinski definition) is 2. The molecule has 1 spiro atoms. The number of aryl methyl sites for hydroxylation is 1. The maximum Gasteiger partial charge on any atom is 0.315 e. The number of ether oxygens (including phenoxy) is 1. The maximum atomic E-state index is 12.2. The number of carbonyl (C=O) groups is 1. The molecule has 2 N–H and O–H groups in total. The molecule has 2 saturated heterocycles. The van der Waals surface area contributed by atoms with E-state index in [9.17, 15) is 4.79 Å². The number of thioether (sulfide) groups is 1. The summed E-state index contributed by atoms with van der Waals surface area (Å²) in [5.74, 6) is 3.85. The molecular formula is C16H24N2O3S. The number of nitrogens with one attached hydrogen (secondary N) is 2. The first kappa shape index (κ1) is 15.7. The number of furan rings is 1. The van der Waals surface area contributed by atoms with Crippen LogP contribution in [0.25, 0.3) is 0 Å². The van der Waals surface area contributed by atoms with E-state index in [-0.39, 0.29) is 23.7 Å². The summed E-state index contributed by atoms with van der Waals surface area (Å²) in [5, 5.41) is 6.04. The Morgan fingerprint density at radius 1 is 1.50 bits per heavy atom. The van der Waals surface area contributed by atoms with E-state index in [0.29, 0.717) is 0 Å². The Morgan fingerprint density at radius 2 is 2.36 bits per heavy atom. The van der Waals surface area contributed by atoms with Gasteiger partial charge in [-0.3, -0.25) is 0 Å². The molecule has 0 aromatic carbocycles. The van der Waals surface area contributed by atoms with Crippen molar-refractivity contribution in [2.24, 2.45) is 0 Å². The highest BCUT2D eigenvalue weighted by Gasteiger charge is 2.40. The van der Waals surface area contributed by atoms with E-state index in [1.54, 1.807) is 0 Å². The zero-order chi connectivity index (χ0) is 15.6. The minimum absolute atomic E-state index is 0.00932. The molecule has 1 aromatic rings. The molecule has 22 heavy (non-hydrogen) atoms. The molecule has 2 aliphatic rings. The molecule has 3 rings (SSSR count). The fourth-order valence-electron chi connectivity index (χ4n) is 3.20. The van der Waals surface area contributed by atoms with Crippen LogP contribution in [0.15, 0.2) is 16.5 Å². The molecule has 0 unspecified atom stereocenters. The first-order valence-corrected chi connectivity index (χ1v) is 9.07. The lowest BCUT2D eigenvalue weighted by molar-refractivity contribution is -0.0684. The Balaban J connectivity index is 1.51. The van der Waals surface area contributed by atoms with Gasteiger partial charge in [-0.1, -0.05) is 0 Å². The Bertz CT molecular complexity index is 525. The molecule has 0 saturated carbocycles. The van der Waals surface area contributed by atoms with Gasteiger partial charge >= 0.3 is 6.03 Å². The predicted molar refractivity (Wildman–Crippen MR) is 87.2 cm³/mol. The molecule has 1 aromatic heterocycles. The van der Waals surface area contributed by atoms with E-state index in [4.69, 9.17) is 9.15 Å². The largest absolute Gasteiger partial charge is 0.464 e. The summed E-state index contributed by atoms with van der Waals surface area (Å²) in [5.41, 5.74) is -0.00932. The van der Waals surface area contributed by atoms with Crippen LogP contribution in [-0.4, -0.2) is 35.8 Å². The highest BCUT2D eigenvalue weighted by atomic mass is 32.2. The third kappa shape index (κ3) is 3.60. The molecule has 2 aliphatic heterocycles. The van der Waals surface area contributed by atoms with Crippen molar-refractivity contribution in [1.29, 1.82) is 0 Å². The average Bonchev–Trinajstić information content (AvgIpc) is 3.08. The molecule has 2 amide bonds. The smallest absolute Gasteiger partial charge is 0.315 e. The van der Waals surface area contributed by atoms with Gasteiger partial charge in [0.1, 0.15) is 11.5 Å². The molecule has 2 fully saturated rings. The standard InChI is InChI=1S/C16H24N2O3S/c1-11-3-4-14(21-11)12(2)17-15(19)18-13-5-7-20-16(9-13)6-8-22-10-16/h3-4,12-13H,5-10H2,1-2H3,(H2,17,18,19)/t12-,13-,16-/m0/s1. The lowest BCUT2D eigenvalue weighted by Crippen LogP contribution is -2.51. The van der Waals surface area contributed by atoms with E-state index in [2.05, 4.69) is 10.6 Å². The van der Waals surface area contributed by atoms with Crippen molar-refractivity contribution in [2.75, 3.05) is 18.1 Å². The summed E-state index contributed by atoms with van der Waals surface area (Å²) in [7, 11) is 0. The summed E-state index contributed by atoms with van der Waals surface area (Å²) < 4.78 is 11.5. The van der Waals surface area contributed by atoms with Crippen molar-refractivity contribution < 1.29 is 13.9 Å². The summed E-state index contributed by atoms with van der Waals surface area (Å²) in [6.07, 6.45) is 2.90. The fraction of sp³-hybridized carbons (Fsp3) is 0.688. The van der Waals surface area contributed by atoms with Gasteiger partial charge in [0.05, 0.1) is 11.6 Å². The summed E-state index contributed by atoms with van der Waals surface area (Å²) in [4.78, 5) is 12.2. The second-order valence-corrected chi connectivity index (χ2v) is 7.42. The molecule has 6 heteroatoms. The molecule has 3 atom stereocenters. The summed E-state index contributed by atoms with van der Waals surface area (Å²) in [6, 6.07) is 3.74. The van der Waals surface area contributed by atoms with Crippen LogP contribution in [0, 0.1) is 6.92 Å². The van der Waals surface area contributed by atoms with Gasteiger partial charge in [-0.25, -0.2) is 4.79 Å². The molecule has 3 heterocycles. The Labute approximate surface area is 135 Å². The van der Waals surface area contributed by atoms with Crippen molar-refractivity contribution in [3.63, 3.8) is 0 Å². The van der Waals surface area contributed by atoms with Crippen LogP contribution in [0.3, 0.4) is 0 Å². The Kier molecular flexibility index (Phi) is 4.68. The third-order valence-corrected chi connectivity index (χ3v) is 5.65. The second kappa shape index (κ2) is 6.54. The number of carbonyl (C=O) groups excluding carboxylic acids is 1. The van der Waals surface area contributed by atoms with Gasteiger partial charge in [0.2, 0.25) is 0 Å². The van der Waals surface area contributed by atoms with E-state index in [0.717, 1.165) is 48.9 Å². The maximum absolute atomic E-state index is 12.2. The lowest BCUT2D eigenvalue weighted by atomic mass is 9.90. The van der Waals surface area contributed by atoms with Gasteiger partial charge < -0.3 is 19.8 Å². The van der Waals surface area contributed by atoms with Crippen LogP contribution in [0.5, 0.6) is 0 Å².